The molecule has 8 nitrogen and oxygen atoms in total. The Labute approximate surface area is 167 Å². The molecule has 1 amide bonds. The van der Waals surface area contributed by atoms with Gasteiger partial charge in [-0.3, -0.25) is 14.2 Å². The second kappa shape index (κ2) is 9.13. The van der Waals surface area contributed by atoms with Gasteiger partial charge in [-0.15, -0.1) is 11.3 Å². The van der Waals surface area contributed by atoms with Crippen LogP contribution in [0.5, 0.6) is 0 Å². The lowest BCUT2D eigenvalue weighted by molar-refractivity contribution is -0.138. The molecule has 0 aromatic carbocycles. The van der Waals surface area contributed by atoms with Gasteiger partial charge < -0.3 is 19.5 Å². The highest BCUT2D eigenvalue weighted by atomic mass is 32.1. The number of nitrogens with zero attached hydrogens (tertiary/aromatic N) is 3. The van der Waals surface area contributed by atoms with Gasteiger partial charge in [-0.2, -0.15) is 0 Å². The summed E-state index contributed by atoms with van der Waals surface area (Å²) in [7, 11) is 1.61. The number of piperidine rings is 1. The van der Waals surface area contributed by atoms with E-state index in [9.17, 15) is 14.7 Å². The number of hydrogen-bond donors (Lipinski definition) is 1. The molecule has 1 aliphatic heterocycles. The van der Waals surface area contributed by atoms with Gasteiger partial charge in [-0.05, 0) is 25.8 Å². The fourth-order valence-electron chi connectivity index (χ4n) is 3.54. The lowest BCUT2D eigenvalue weighted by Crippen LogP contribution is -2.49. The summed E-state index contributed by atoms with van der Waals surface area (Å²) in [6.07, 6.45) is 1.99. The quantitative estimate of drug-likeness (QED) is 0.685. The Morgan fingerprint density at radius 1 is 1.36 bits per heavy atom. The monoisotopic (exact) mass is 409 g/mol. The van der Waals surface area contributed by atoms with E-state index in [4.69, 9.17) is 9.47 Å². The number of likely N-dealkylation sites (tertiary alicyclic amines) is 1. The van der Waals surface area contributed by atoms with Crippen molar-refractivity contribution in [2.75, 3.05) is 40.0 Å². The molecule has 3 rings (SSSR count). The predicted molar refractivity (Wildman–Crippen MR) is 107 cm³/mol. The number of thiophene rings is 1. The van der Waals surface area contributed by atoms with E-state index < -0.39 is 0 Å². The molecule has 1 fully saturated rings. The summed E-state index contributed by atoms with van der Waals surface area (Å²) in [5.41, 5.74) is 0.730. The number of aliphatic hydroxyl groups excluding tert-OH is 1. The summed E-state index contributed by atoms with van der Waals surface area (Å²) in [5, 5.41) is 10.2. The Balaban J connectivity index is 1.74. The van der Waals surface area contributed by atoms with E-state index in [1.807, 2.05) is 13.8 Å². The van der Waals surface area contributed by atoms with Crippen LogP contribution in [0.15, 0.2) is 11.1 Å². The van der Waals surface area contributed by atoms with Crippen molar-refractivity contribution >= 4 is 27.5 Å². The van der Waals surface area contributed by atoms with E-state index in [0.717, 1.165) is 10.4 Å². The second-order valence-corrected chi connectivity index (χ2v) is 8.41. The number of amides is 1. The highest BCUT2D eigenvalue weighted by Gasteiger charge is 2.30. The molecular weight excluding hydrogens is 382 g/mol. The van der Waals surface area contributed by atoms with Crippen LogP contribution in [0.2, 0.25) is 0 Å². The zero-order chi connectivity index (χ0) is 20.3. The van der Waals surface area contributed by atoms with Crippen molar-refractivity contribution in [3.05, 3.63) is 27.1 Å². The SMILES string of the molecule is COCCO[C@@H]1C[C@@H](CO)CN(C(=O)Cn2cnc3sc(C)c(C)c3c2=O)C1. The van der Waals surface area contributed by atoms with Gasteiger partial charge >= 0.3 is 0 Å². The van der Waals surface area contributed by atoms with E-state index in [2.05, 4.69) is 4.98 Å². The van der Waals surface area contributed by atoms with E-state index in [1.165, 1.54) is 22.2 Å². The normalized spacial score (nSPS) is 20.1. The molecule has 2 aromatic rings. The zero-order valence-corrected chi connectivity index (χ0v) is 17.3. The second-order valence-electron chi connectivity index (χ2n) is 7.21. The van der Waals surface area contributed by atoms with E-state index in [0.29, 0.717) is 42.9 Å². The molecule has 0 saturated carbocycles. The predicted octanol–water partition coefficient (Wildman–Crippen LogP) is 0.947. The number of aromatic nitrogens is 2. The maximum absolute atomic E-state index is 12.9. The molecule has 0 spiro atoms. The lowest BCUT2D eigenvalue weighted by Gasteiger charge is -2.37. The van der Waals surface area contributed by atoms with Crippen molar-refractivity contribution < 1.29 is 19.4 Å². The van der Waals surface area contributed by atoms with Crippen LogP contribution >= 0.6 is 11.3 Å². The minimum atomic E-state index is -0.191. The Kier molecular flexibility index (Phi) is 6.82. The third kappa shape index (κ3) is 4.43. The van der Waals surface area contributed by atoms with E-state index >= 15 is 0 Å². The van der Waals surface area contributed by atoms with Crippen molar-refractivity contribution in [1.29, 1.82) is 0 Å². The summed E-state index contributed by atoms with van der Waals surface area (Å²) < 4.78 is 12.1. The number of hydrogen-bond acceptors (Lipinski definition) is 7. The summed E-state index contributed by atoms with van der Waals surface area (Å²) in [4.78, 5) is 33.5. The third-order valence-electron chi connectivity index (χ3n) is 5.21. The molecule has 9 heteroatoms. The molecule has 1 aliphatic rings. The van der Waals surface area contributed by atoms with Crippen LogP contribution in [0.3, 0.4) is 0 Å². The molecule has 0 radical (unpaired) electrons. The molecule has 0 bridgehead atoms. The molecule has 1 N–H and O–H groups in total. The average Bonchev–Trinajstić information content (AvgIpc) is 2.98. The minimum absolute atomic E-state index is 0.00520. The highest BCUT2D eigenvalue weighted by Crippen LogP contribution is 2.25. The number of methoxy groups -OCH3 is 1. The maximum Gasteiger partial charge on any atom is 0.262 e. The Morgan fingerprint density at radius 3 is 2.86 bits per heavy atom. The number of ether oxygens (including phenoxy) is 2. The fraction of sp³-hybridized carbons (Fsp3) is 0.632. The largest absolute Gasteiger partial charge is 0.396 e. The van der Waals surface area contributed by atoms with Crippen molar-refractivity contribution in [1.82, 2.24) is 14.5 Å². The topological polar surface area (TPSA) is 93.9 Å². The Morgan fingerprint density at radius 2 is 2.14 bits per heavy atom. The van der Waals surface area contributed by atoms with E-state index in [-0.39, 0.29) is 36.6 Å². The molecule has 2 atom stereocenters. The van der Waals surface area contributed by atoms with Crippen LogP contribution in [-0.2, 0) is 20.8 Å². The first kappa shape index (κ1) is 20.9. The van der Waals surface area contributed by atoms with Crippen LogP contribution in [0, 0.1) is 19.8 Å². The van der Waals surface area contributed by atoms with Gasteiger partial charge in [-0.1, -0.05) is 0 Å². The first-order valence-corrected chi connectivity index (χ1v) is 10.2. The smallest absolute Gasteiger partial charge is 0.262 e. The summed E-state index contributed by atoms with van der Waals surface area (Å²) in [6, 6.07) is 0. The van der Waals surface area contributed by atoms with Crippen molar-refractivity contribution in [2.24, 2.45) is 5.92 Å². The highest BCUT2D eigenvalue weighted by molar-refractivity contribution is 7.18. The first-order chi connectivity index (χ1) is 13.4. The van der Waals surface area contributed by atoms with Gasteiger partial charge in [0.1, 0.15) is 11.4 Å². The average molecular weight is 410 g/mol. The standard InChI is InChI=1S/C19H27N3O5S/c1-12-13(2)28-18-17(12)19(25)22(11-20-18)9-16(24)21-7-14(10-23)6-15(8-21)27-5-4-26-3/h11,14-15,23H,4-10H2,1-3H3/t14-,15-/m1/s1. The minimum Gasteiger partial charge on any atom is -0.396 e. The molecule has 0 unspecified atom stereocenters. The third-order valence-corrected chi connectivity index (χ3v) is 6.33. The van der Waals surface area contributed by atoms with Gasteiger partial charge in [0.15, 0.2) is 0 Å². The molecule has 0 aliphatic carbocycles. The van der Waals surface area contributed by atoms with Gasteiger partial charge in [0.05, 0.1) is 31.0 Å². The van der Waals surface area contributed by atoms with Crippen LogP contribution in [0.4, 0.5) is 0 Å². The van der Waals surface area contributed by atoms with Gasteiger partial charge in [0, 0.05) is 37.6 Å². The van der Waals surface area contributed by atoms with Crippen LogP contribution in [0.25, 0.3) is 10.2 Å². The molecule has 28 heavy (non-hydrogen) atoms. The number of carbonyl (C=O) groups is 1. The maximum atomic E-state index is 12.9. The molecule has 3 heterocycles. The zero-order valence-electron chi connectivity index (χ0n) is 16.5. The van der Waals surface area contributed by atoms with Crippen LogP contribution in [0.1, 0.15) is 16.9 Å². The molecule has 2 aromatic heterocycles. The first-order valence-electron chi connectivity index (χ1n) is 9.38. The van der Waals surface area contributed by atoms with Gasteiger partial charge in [0.25, 0.3) is 5.56 Å². The van der Waals surface area contributed by atoms with Gasteiger partial charge in [-0.25, -0.2) is 4.98 Å². The Hall–Kier alpha value is -1.81. The fourth-order valence-corrected chi connectivity index (χ4v) is 4.52. The number of fused-ring (bicyclic) bond motifs is 1. The summed E-state index contributed by atoms with van der Waals surface area (Å²) >= 11 is 1.49. The molecule has 154 valence electrons. The van der Waals surface area contributed by atoms with Crippen molar-refractivity contribution in [3.8, 4) is 0 Å². The van der Waals surface area contributed by atoms with E-state index in [1.54, 1.807) is 12.0 Å². The molecular formula is C19H27N3O5S. The summed E-state index contributed by atoms with van der Waals surface area (Å²) in [5.74, 6) is -0.212. The summed E-state index contributed by atoms with van der Waals surface area (Å²) in [6.45, 7) is 5.62. The van der Waals surface area contributed by atoms with Crippen molar-refractivity contribution in [2.45, 2.75) is 32.9 Å². The van der Waals surface area contributed by atoms with Gasteiger partial charge in [0.2, 0.25) is 5.91 Å². The number of aryl methyl sites for hydroxylation is 2. The number of rotatable bonds is 7. The number of aliphatic hydroxyl groups is 1. The Bertz CT molecular complexity index is 894. The lowest BCUT2D eigenvalue weighted by atomic mass is 9.96. The van der Waals surface area contributed by atoms with Crippen molar-refractivity contribution in [3.63, 3.8) is 0 Å². The van der Waals surface area contributed by atoms with Crippen LogP contribution < -0.4 is 5.56 Å². The van der Waals surface area contributed by atoms with Crippen LogP contribution in [-0.4, -0.2) is 71.6 Å². The molecule has 1 saturated heterocycles. The number of carbonyl (C=O) groups excluding carboxylic acids is 1.